The molecule has 0 aliphatic heterocycles. The molecule has 19 heavy (non-hydrogen) atoms. The molecular formula is C13H9BrN2O2S. The maximum Gasteiger partial charge on any atom is 0.231 e. The second-order valence-corrected chi connectivity index (χ2v) is 5.47. The summed E-state index contributed by atoms with van der Waals surface area (Å²) in [6, 6.07) is 7.48. The summed E-state index contributed by atoms with van der Waals surface area (Å²) in [6.07, 6.45) is 1.51. The number of aromatic nitrogens is 2. The van der Waals surface area contributed by atoms with E-state index >= 15 is 0 Å². The summed E-state index contributed by atoms with van der Waals surface area (Å²) < 4.78 is 11.8. The van der Waals surface area contributed by atoms with Gasteiger partial charge in [0.05, 0.1) is 17.0 Å². The van der Waals surface area contributed by atoms with Crippen LogP contribution in [0, 0.1) is 0 Å². The molecule has 0 unspecified atom stereocenters. The Morgan fingerprint density at radius 3 is 2.89 bits per heavy atom. The molecule has 0 aliphatic rings. The lowest BCUT2D eigenvalue weighted by Gasteiger charge is -2.08. The molecular weight excluding hydrogens is 328 g/mol. The van der Waals surface area contributed by atoms with Gasteiger partial charge in [0.15, 0.2) is 0 Å². The van der Waals surface area contributed by atoms with E-state index < -0.39 is 0 Å². The third kappa shape index (κ3) is 2.41. The second-order valence-electron chi connectivity index (χ2n) is 3.72. The van der Waals surface area contributed by atoms with Crippen molar-refractivity contribution >= 4 is 37.5 Å². The van der Waals surface area contributed by atoms with Crippen LogP contribution in [0.3, 0.4) is 0 Å². The Balaban J connectivity index is 1.99. The van der Waals surface area contributed by atoms with Gasteiger partial charge in [-0.3, -0.25) is 0 Å². The van der Waals surface area contributed by atoms with E-state index in [1.807, 2.05) is 29.6 Å². The number of halogens is 1. The Hall–Kier alpha value is -1.66. The largest absolute Gasteiger partial charge is 0.497 e. The Labute approximate surface area is 122 Å². The number of hydrogen-bond acceptors (Lipinski definition) is 5. The Morgan fingerprint density at radius 2 is 2.11 bits per heavy atom. The summed E-state index contributed by atoms with van der Waals surface area (Å²) in [4.78, 5) is 9.28. The zero-order chi connectivity index (χ0) is 13.2. The van der Waals surface area contributed by atoms with E-state index in [4.69, 9.17) is 9.47 Å². The number of rotatable bonds is 3. The third-order valence-corrected chi connectivity index (χ3v) is 4.01. The van der Waals surface area contributed by atoms with Crippen molar-refractivity contribution in [2.75, 3.05) is 7.11 Å². The summed E-state index contributed by atoms with van der Waals surface area (Å²) in [5, 5.41) is 2.88. The van der Waals surface area contributed by atoms with Crippen LogP contribution in [0.2, 0.25) is 0 Å². The molecule has 0 saturated heterocycles. The van der Waals surface area contributed by atoms with Crippen molar-refractivity contribution in [1.82, 2.24) is 9.97 Å². The number of benzene rings is 1. The molecule has 6 heteroatoms. The van der Waals surface area contributed by atoms with Crippen LogP contribution in [0.25, 0.3) is 10.2 Å². The first-order valence-corrected chi connectivity index (χ1v) is 7.15. The predicted molar refractivity (Wildman–Crippen MR) is 78.2 cm³/mol. The van der Waals surface area contributed by atoms with Crippen LogP contribution in [0.1, 0.15) is 0 Å². The topological polar surface area (TPSA) is 44.2 Å². The molecule has 4 nitrogen and oxygen atoms in total. The first kappa shape index (κ1) is 12.4. The van der Waals surface area contributed by atoms with Crippen LogP contribution in [0.4, 0.5) is 0 Å². The smallest absolute Gasteiger partial charge is 0.231 e. The van der Waals surface area contributed by atoms with Crippen molar-refractivity contribution in [3.05, 3.63) is 40.4 Å². The van der Waals surface area contributed by atoms with Crippen molar-refractivity contribution in [1.29, 1.82) is 0 Å². The van der Waals surface area contributed by atoms with Crippen molar-refractivity contribution in [3.63, 3.8) is 0 Å². The molecule has 3 aromatic rings. The quantitative estimate of drug-likeness (QED) is 0.716. The molecule has 0 N–H and O–H groups in total. The predicted octanol–water partition coefficient (Wildman–Crippen LogP) is 4.25. The minimum absolute atomic E-state index is 0.553. The molecule has 0 amide bonds. The highest BCUT2D eigenvalue weighted by atomic mass is 79.9. The van der Waals surface area contributed by atoms with Crippen LogP contribution < -0.4 is 9.47 Å². The fourth-order valence-electron chi connectivity index (χ4n) is 1.64. The number of thiophene rings is 1. The molecule has 0 saturated carbocycles. The standard InChI is InChI=1S/C13H9BrN2O2S/c1-17-8-2-3-11(10(14)6-8)18-12-9-4-5-19-13(9)16-7-15-12/h2-7H,1H3. The number of methoxy groups -OCH3 is 1. The van der Waals surface area contributed by atoms with Gasteiger partial charge >= 0.3 is 0 Å². The lowest BCUT2D eigenvalue weighted by molar-refractivity contribution is 0.411. The lowest BCUT2D eigenvalue weighted by atomic mass is 10.3. The summed E-state index contributed by atoms with van der Waals surface area (Å²) in [5.41, 5.74) is 0. The highest BCUT2D eigenvalue weighted by Crippen LogP contribution is 2.35. The molecule has 96 valence electrons. The average molecular weight is 337 g/mol. The highest BCUT2D eigenvalue weighted by Gasteiger charge is 2.09. The second kappa shape index (κ2) is 5.14. The molecule has 0 radical (unpaired) electrons. The fourth-order valence-corrected chi connectivity index (χ4v) is 2.81. The van der Waals surface area contributed by atoms with Gasteiger partial charge in [0.1, 0.15) is 22.7 Å². The van der Waals surface area contributed by atoms with Crippen LogP contribution in [-0.2, 0) is 0 Å². The van der Waals surface area contributed by atoms with E-state index in [2.05, 4.69) is 25.9 Å². The number of hydrogen-bond donors (Lipinski definition) is 0. The SMILES string of the molecule is COc1ccc(Oc2ncnc3sccc23)c(Br)c1. The summed E-state index contributed by atoms with van der Waals surface area (Å²) in [7, 11) is 1.63. The van der Waals surface area contributed by atoms with Gasteiger partial charge in [0, 0.05) is 0 Å². The number of nitrogens with zero attached hydrogens (tertiary/aromatic N) is 2. The van der Waals surface area contributed by atoms with E-state index in [9.17, 15) is 0 Å². The summed E-state index contributed by atoms with van der Waals surface area (Å²) in [6.45, 7) is 0. The van der Waals surface area contributed by atoms with Crippen molar-refractivity contribution in [2.45, 2.75) is 0 Å². The minimum atomic E-state index is 0.553. The van der Waals surface area contributed by atoms with Gasteiger partial charge in [-0.1, -0.05) is 0 Å². The Kier molecular flexibility index (Phi) is 3.35. The molecule has 0 atom stereocenters. The van der Waals surface area contributed by atoms with Gasteiger partial charge < -0.3 is 9.47 Å². The highest BCUT2D eigenvalue weighted by molar-refractivity contribution is 9.10. The normalized spacial score (nSPS) is 10.6. The van der Waals surface area contributed by atoms with E-state index in [0.717, 1.165) is 20.4 Å². The van der Waals surface area contributed by atoms with Gasteiger partial charge in [-0.25, -0.2) is 9.97 Å². The number of fused-ring (bicyclic) bond motifs is 1. The summed E-state index contributed by atoms with van der Waals surface area (Å²) in [5.74, 6) is 2.01. The van der Waals surface area contributed by atoms with E-state index in [1.54, 1.807) is 18.4 Å². The van der Waals surface area contributed by atoms with Gasteiger partial charge in [-0.15, -0.1) is 11.3 Å². The van der Waals surface area contributed by atoms with Crippen LogP contribution in [0.5, 0.6) is 17.4 Å². The van der Waals surface area contributed by atoms with E-state index in [1.165, 1.54) is 6.33 Å². The van der Waals surface area contributed by atoms with Crippen molar-refractivity contribution < 1.29 is 9.47 Å². The van der Waals surface area contributed by atoms with Crippen LogP contribution in [-0.4, -0.2) is 17.1 Å². The molecule has 2 aromatic heterocycles. The molecule has 1 aromatic carbocycles. The minimum Gasteiger partial charge on any atom is -0.497 e. The van der Waals surface area contributed by atoms with Crippen LogP contribution in [0.15, 0.2) is 40.4 Å². The zero-order valence-corrected chi connectivity index (χ0v) is 12.4. The third-order valence-electron chi connectivity index (χ3n) is 2.57. The van der Waals surface area contributed by atoms with Gasteiger partial charge in [0.2, 0.25) is 5.88 Å². The van der Waals surface area contributed by atoms with E-state index in [0.29, 0.717) is 11.6 Å². The monoisotopic (exact) mass is 336 g/mol. The van der Waals surface area contributed by atoms with E-state index in [-0.39, 0.29) is 0 Å². The molecule has 0 aliphatic carbocycles. The van der Waals surface area contributed by atoms with Gasteiger partial charge in [-0.2, -0.15) is 0 Å². The molecule has 2 heterocycles. The van der Waals surface area contributed by atoms with Crippen molar-refractivity contribution in [2.24, 2.45) is 0 Å². The first-order valence-electron chi connectivity index (χ1n) is 5.47. The Morgan fingerprint density at radius 1 is 1.21 bits per heavy atom. The van der Waals surface area contributed by atoms with Gasteiger partial charge in [0.25, 0.3) is 0 Å². The zero-order valence-electron chi connectivity index (χ0n) is 9.96. The molecule has 3 rings (SSSR count). The maximum absolute atomic E-state index is 5.83. The first-order chi connectivity index (χ1) is 9.28. The van der Waals surface area contributed by atoms with Gasteiger partial charge in [-0.05, 0) is 45.6 Å². The lowest BCUT2D eigenvalue weighted by Crippen LogP contribution is -1.91. The fraction of sp³-hybridized carbons (Fsp3) is 0.0769. The maximum atomic E-state index is 5.83. The average Bonchev–Trinajstić information content (AvgIpc) is 2.90. The Bertz CT molecular complexity index is 729. The van der Waals surface area contributed by atoms with Crippen LogP contribution >= 0.6 is 27.3 Å². The van der Waals surface area contributed by atoms with Crippen molar-refractivity contribution in [3.8, 4) is 17.4 Å². The number of ether oxygens (including phenoxy) is 2. The molecule has 0 fully saturated rings. The summed E-state index contributed by atoms with van der Waals surface area (Å²) >= 11 is 5.01. The molecule has 0 spiro atoms. The molecule has 0 bridgehead atoms.